The minimum atomic E-state index is -0.591. The Morgan fingerprint density at radius 1 is 1.19 bits per heavy atom. The topological polar surface area (TPSA) is 99.7 Å². The number of allylic oxidation sites excluding steroid dienone is 1. The van der Waals surface area contributed by atoms with E-state index < -0.39 is 11.9 Å². The van der Waals surface area contributed by atoms with Crippen LogP contribution in [0.2, 0.25) is 0 Å². The molecule has 4 rings (SSSR count). The monoisotopic (exact) mass is 419 g/mol. The van der Waals surface area contributed by atoms with Crippen LogP contribution in [0.25, 0.3) is 6.08 Å². The van der Waals surface area contributed by atoms with Crippen LogP contribution in [0, 0.1) is 6.92 Å². The van der Waals surface area contributed by atoms with Gasteiger partial charge in [0.15, 0.2) is 0 Å². The molecule has 0 saturated carbocycles. The maximum Gasteiger partial charge on any atom is 0.336 e. The smallest absolute Gasteiger partial charge is 0.336 e. The molecular formula is C24H25N3O4. The molecule has 0 saturated heterocycles. The predicted molar refractivity (Wildman–Crippen MR) is 117 cm³/mol. The number of para-hydroxylation sites is 1. The molecule has 1 aromatic carbocycles. The quantitative estimate of drug-likeness (QED) is 0.554. The molecule has 1 unspecified atom stereocenters. The number of ether oxygens (including phenoxy) is 2. The summed E-state index contributed by atoms with van der Waals surface area (Å²) in [5, 5.41) is 11.7. The van der Waals surface area contributed by atoms with Crippen LogP contribution in [0.5, 0.6) is 11.5 Å². The SMILES string of the molecule is CCOC(=O)C1=C(C)N=c2[nH]c(=Cc3ccc(C)[nH]3)c(O)c2C1c1ccccc1OC. The Bertz CT molecular complexity index is 1300. The van der Waals surface area contributed by atoms with Crippen LogP contribution in [0.3, 0.4) is 0 Å². The van der Waals surface area contributed by atoms with E-state index in [-0.39, 0.29) is 12.4 Å². The highest BCUT2D eigenvalue weighted by Crippen LogP contribution is 2.41. The number of H-pyrrole nitrogens is 2. The molecule has 0 radical (unpaired) electrons. The summed E-state index contributed by atoms with van der Waals surface area (Å²) < 4.78 is 10.9. The van der Waals surface area contributed by atoms with Crippen LogP contribution in [0.1, 0.15) is 42.3 Å². The number of hydrogen-bond donors (Lipinski definition) is 3. The van der Waals surface area contributed by atoms with Gasteiger partial charge in [0.25, 0.3) is 0 Å². The maximum atomic E-state index is 12.9. The molecule has 0 spiro atoms. The van der Waals surface area contributed by atoms with E-state index in [9.17, 15) is 9.90 Å². The molecule has 1 atom stereocenters. The second-order valence-electron chi connectivity index (χ2n) is 7.40. The number of rotatable bonds is 5. The molecule has 1 aliphatic rings. The number of fused-ring (bicyclic) bond motifs is 1. The van der Waals surface area contributed by atoms with Gasteiger partial charge >= 0.3 is 5.97 Å². The second kappa shape index (κ2) is 8.18. The normalized spacial score (nSPS) is 16.1. The van der Waals surface area contributed by atoms with Crippen molar-refractivity contribution in [3.05, 3.63) is 81.0 Å². The fraction of sp³-hybridized carbons (Fsp3) is 0.250. The molecule has 0 bridgehead atoms. The number of carbonyl (C=O) groups excluding carboxylic acids is 1. The van der Waals surface area contributed by atoms with Crippen molar-refractivity contribution in [2.24, 2.45) is 4.99 Å². The highest BCUT2D eigenvalue weighted by molar-refractivity contribution is 5.93. The fourth-order valence-corrected chi connectivity index (χ4v) is 4.01. The first-order chi connectivity index (χ1) is 14.9. The Balaban J connectivity index is 1.98. The van der Waals surface area contributed by atoms with Gasteiger partial charge in [0.1, 0.15) is 17.0 Å². The largest absolute Gasteiger partial charge is 0.505 e. The Morgan fingerprint density at radius 3 is 2.65 bits per heavy atom. The number of methoxy groups -OCH3 is 1. The molecule has 7 nitrogen and oxygen atoms in total. The summed E-state index contributed by atoms with van der Waals surface area (Å²) in [6.45, 7) is 5.73. The van der Waals surface area contributed by atoms with Gasteiger partial charge in [-0.2, -0.15) is 0 Å². The molecule has 0 aliphatic carbocycles. The third kappa shape index (κ3) is 3.63. The first-order valence-corrected chi connectivity index (χ1v) is 10.1. The van der Waals surface area contributed by atoms with Crippen molar-refractivity contribution in [2.45, 2.75) is 26.7 Å². The van der Waals surface area contributed by atoms with Crippen molar-refractivity contribution in [1.82, 2.24) is 9.97 Å². The lowest BCUT2D eigenvalue weighted by Crippen LogP contribution is -2.26. The van der Waals surface area contributed by atoms with E-state index >= 15 is 0 Å². The zero-order chi connectivity index (χ0) is 22.1. The summed E-state index contributed by atoms with van der Waals surface area (Å²) in [7, 11) is 1.58. The van der Waals surface area contributed by atoms with E-state index in [4.69, 9.17) is 9.47 Å². The van der Waals surface area contributed by atoms with Gasteiger partial charge in [0, 0.05) is 17.0 Å². The van der Waals surface area contributed by atoms with Crippen molar-refractivity contribution in [3.63, 3.8) is 0 Å². The highest BCUT2D eigenvalue weighted by Gasteiger charge is 2.36. The molecule has 1 aliphatic heterocycles. The summed E-state index contributed by atoms with van der Waals surface area (Å²) in [5.74, 6) is -0.403. The zero-order valence-electron chi connectivity index (χ0n) is 17.9. The number of aryl methyl sites for hydroxylation is 1. The summed E-state index contributed by atoms with van der Waals surface area (Å²) in [4.78, 5) is 23.9. The molecule has 3 N–H and O–H groups in total. The van der Waals surface area contributed by atoms with E-state index in [0.717, 1.165) is 17.0 Å². The number of carbonyl (C=O) groups is 1. The first kappa shape index (κ1) is 20.5. The Kier molecular flexibility index (Phi) is 5.42. The Hall–Kier alpha value is -3.74. The number of aromatic amines is 2. The van der Waals surface area contributed by atoms with Gasteiger partial charge in [0.05, 0.1) is 41.8 Å². The molecule has 0 amide bonds. The van der Waals surface area contributed by atoms with Crippen LogP contribution in [0.4, 0.5) is 0 Å². The van der Waals surface area contributed by atoms with Gasteiger partial charge < -0.3 is 24.5 Å². The van der Waals surface area contributed by atoms with Crippen LogP contribution >= 0.6 is 0 Å². The molecule has 2 aromatic heterocycles. The van der Waals surface area contributed by atoms with Crippen molar-refractivity contribution in [1.29, 1.82) is 0 Å². The second-order valence-corrected chi connectivity index (χ2v) is 7.40. The number of nitrogens with one attached hydrogen (secondary N) is 2. The van der Waals surface area contributed by atoms with Gasteiger partial charge in [-0.15, -0.1) is 0 Å². The van der Waals surface area contributed by atoms with E-state index in [1.165, 1.54) is 0 Å². The summed E-state index contributed by atoms with van der Waals surface area (Å²) in [5.41, 5.74) is 4.55. The number of hydrogen-bond acceptors (Lipinski definition) is 5. The van der Waals surface area contributed by atoms with Crippen molar-refractivity contribution >= 4 is 12.0 Å². The lowest BCUT2D eigenvalue weighted by atomic mass is 9.82. The minimum absolute atomic E-state index is 0.0382. The fourth-order valence-electron chi connectivity index (χ4n) is 4.01. The van der Waals surface area contributed by atoms with Gasteiger partial charge in [-0.25, -0.2) is 9.79 Å². The van der Waals surface area contributed by atoms with Gasteiger partial charge in [-0.3, -0.25) is 0 Å². The lowest BCUT2D eigenvalue weighted by Gasteiger charge is -2.24. The molecule has 0 fully saturated rings. The standard InChI is InChI=1S/C24H25N3O4/c1-5-31-24(29)19-14(3)26-23-21(20(19)16-8-6-7-9-18(16)30-4)22(28)17(27-23)12-15-11-10-13(2)25-15/h6-12,20,25,28H,5H2,1-4H3,(H,26,27). The molecule has 7 heteroatoms. The number of nitrogens with zero attached hydrogens (tertiary/aromatic N) is 1. The van der Waals surface area contributed by atoms with E-state index in [1.54, 1.807) is 21.0 Å². The minimum Gasteiger partial charge on any atom is -0.505 e. The third-order valence-corrected chi connectivity index (χ3v) is 5.36. The summed E-state index contributed by atoms with van der Waals surface area (Å²) in [6, 6.07) is 11.3. The van der Waals surface area contributed by atoms with Crippen LogP contribution in [-0.2, 0) is 9.53 Å². The molecule has 160 valence electrons. The van der Waals surface area contributed by atoms with E-state index in [2.05, 4.69) is 15.0 Å². The number of aromatic hydroxyl groups is 1. The van der Waals surface area contributed by atoms with E-state index in [1.807, 2.05) is 49.4 Å². The average molecular weight is 419 g/mol. The number of aromatic nitrogens is 2. The van der Waals surface area contributed by atoms with Crippen molar-refractivity contribution in [3.8, 4) is 11.5 Å². The van der Waals surface area contributed by atoms with Gasteiger partial charge in [-0.1, -0.05) is 18.2 Å². The van der Waals surface area contributed by atoms with E-state index in [0.29, 0.717) is 33.4 Å². The zero-order valence-corrected chi connectivity index (χ0v) is 17.9. The first-order valence-electron chi connectivity index (χ1n) is 10.1. The maximum absolute atomic E-state index is 12.9. The van der Waals surface area contributed by atoms with Gasteiger partial charge in [-0.05, 0) is 45.0 Å². The van der Waals surface area contributed by atoms with Crippen LogP contribution < -0.4 is 15.6 Å². The molecule has 31 heavy (non-hydrogen) atoms. The molecule has 3 heterocycles. The summed E-state index contributed by atoms with van der Waals surface area (Å²) in [6.07, 6.45) is 1.81. The van der Waals surface area contributed by atoms with Crippen LogP contribution in [0.15, 0.2) is 52.7 Å². The number of benzene rings is 1. The van der Waals surface area contributed by atoms with Gasteiger partial charge in [0.2, 0.25) is 0 Å². The Morgan fingerprint density at radius 2 is 1.97 bits per heavy atom. The molecule has 3 aromatic rings. The van der Waals surface area contributed by atoms with Crippen molar-refractivity contribution in [2.75, 3.05) is 13.7 Å². The summed E-state index contributed by atoms with van der Waals surface area (Å²) >= 11 is 0. The molecular weight excluding hydrogens is 394 g/mol. The van der Waals surface area contributed by atoms with Crippen LogP contribution in [-0.4, -0.2) is 34.8 Å². The predicted octanol–water partition coefficient (Wildman–Crippen LogP) is 2.80. The lowest BCUT2D eigenvalue weighted by molar-refractivity contribution is -0.138. The number of esters is 1. The highest BCUT2D eigenvalue weighted by atomic mass is 16.5. The average Bonchev–Trinajstić information content (AvgIpc) is 3.29. The Labute approximate surface area is 179 Å². The third-order valence-electron chi connectivity index (χ3n) is 5.36. The van der Waals surface area contributed by atoms with Crippen molar-refractivity contribution < 1.29 is 19.4 Å².